The number of Topliss-reactive ketones (excluding diaryl/α,β-unsaturated/α-hetero) is 1. The van der Waals surface area contributed by atoms with Gasteiger partial charge in [0.2, 0.25) is 11.8 Å². The highest BCUT2D eigenvalue weighted by Crippen LogP contribution is 2.48. The van der Waals surface area contributed by atoms with Crippen molar-refractivity contribution in [3.63, 3.8) is 0 Å². The molecule has 0 aliphatic heterocycles. The lowest BCUT2D eigenvalue weighted by Crippen LogP contribution is -2.43. The Bertz CT molecular complexity index is 841. The summed E-state index contributed by atoms with van der Waals surface area (Å²) in [6, 6.07) is 16.1. The van der Waals surface area contributed by atoms with Gasteiger partial charge in [0.1, 0.15) is 5.41 Å². The lowest BCUT2D eigenvalue weighted by atomic mass is 10.0. The van der Waals surface area contributed by atoms with Crippen LogP contribution in [-0.2, 0) is 9.59 Å². The minimum Gasteiger partial charge on any atom is -0.325 e. The zero-order valence-electron chi connectivity index (χ0n) is 15.0. The second-order valence-electron chi connectivity index (χ2n) is 6.56. The molecule has 26 heavy (non-hydrogen) atoms. The van der Waals surface area contributed by atoms with Crippen LogP contribution < -0.4 is 10.2 Å². The van der Waals surface area contributed by atoms with Crippen molar-refractivity contribution in [1.29, 1.82) is 0 Å². The molecule has 0 bridgehead atoms. The maximum Gasteiger partial charge on any atom is 0.242 e. The maximum atomic E-state index is 13.1. The SMILES string of the molecule is CCN(C(=O)C1(C(=O)Nc2cccc(C(C)=O)c2)CC1)c1ccccc1. The third kappa shape index (κ3) is 3.38. The Labute approximate surface area is 153 Å². The number of ketones is 1. The lowest BCUT2D eigenvalue weighted by molar-refractivity contribution is -0.132. The molecule has 0 heterocycles. The normalized spacial score (nSPS) is 14.4. The van der Waals surface area contributed by atoms with Gasteiger partial charge in [0.05, 0.1) is 0 Å². The summed E-state index contributed by atoms with van der Waals surface area (Å²) in [7, 11) is 0. The molecule has 0 radical (unpaired) electrons. The molecule has 1 N–H and O–H groups in total. The molecule has 2 aromatic rings. The molecule has 5 heteroatoms. The summed E-state index contributed by atoms with van der Waals surface area (Å²) in [4.78, 5) is 39.1. The van der Waals surface area contributed by atoms with Crippen molar-refractivity contribution in [2.45, 2.75) is 26.7 Å². The molecular weight excluding hydrogens is 328 g/mol. The van der Waals surface area contributed by atoms with E-state index in [9.17, 15) is 14.4 Å². The predicted molar refractivity (Wildman–Crippen MR) is 101 cm³/mol. The number of anilines is 2. The van der Waals surface area contributed by atoms with Crippen LogP contribution in [0.3, 0.4) is 0 Å². The van der Waals surface area contributed by atoms with E-state index in [-0.39, 0.29) is 17.6 Å². The van der Waals surface area contributed by atoms with E-state index in [1.54, 1.807) is 29.2 Å². The van der Waals surface area contributed by atoms with Crippen LogP contribution in [0.1, 0.15) is 37.0 Å². The van der Waals surface area contributed by atoms with Crippen LogP contribution in [0.5, 0.6) is 0 Å². The van der Waals surface area contributed by atoms with Gasteiger partial charge in [-0.05, 0) is 51.0 Å². The lowest BCUT2D eigenvalue weighted by Gasteiger charge is -2.26. The van der Waals surface area contributed by atoms with Crippen molar-refractivity contribution in [2.24, 2.45) is 5.41 Å². The van der Waals surface area contributed by atoms with E-state index in [0.717, 1.165) is 5.69 Å². The Morgan fingerprint density at radius 2 is 1.73 bits per heavy atom. The predicted octanol–water partition coefficient (Wildman–Crippen LogP) is 3.66. The first-order valence-corrected chi connectivity index (χ1v) is 8.77. The van der Waals surface area contributed by atoms with Gasteiger partial charge < -0.3 is 10.2 Å². The zero-order valence-corrected chi connectivity index (χ0v) is 15.0. The standard InChI is InChI=1S/C21H22N2O3/c1-3-23(18-10-5-4-6-11-18)20(26)21(12-13-21)19(25)22-17-9-7-8-16(14-17)15(2)24/h4-11,14H,3,12-13H2,1-2H3,(H,22,25). The number of hydrogen-bond donors (Lipinski definition) is 1. The monoisotopic (exact) mass is 350 g/mol. The van der Waals surface area contributed by atoms with Crippen molar-refractivity contribution in [3.05, 3.63) is 60.2 Å². The molecule has 0 aromatic heterocycles. The molecule has 2 amide bonds. The summed E-state index contributed by atoms with van der Waals surface area (Å²) in [6.45, 7) is 3.87. The molecule has 134 valence electrons. The Morgan fingerprint density at radius 1 is 1.04 bits per heavy atom. The van der Waals surface area contributed by atoms with Crippen LogP contribution in [0.2, 0.25) is 0 Å². The largest absolute Gasteiger partial charge is 0.325 e. The van der Waals surface area contributed by atoms with Gasteiger partial charge >= 0.3 is 0 Å². The number of para-hydroxylation sites is 1. The number of nitrogens with one attached hydrogen (secondary N) is 1. The van der Waals surface area contributed by atoms with Gasteiger partial charge in [-0.25, -0.2) is 0 Å². The summed E-state index contributed by atoms with van der Waals surface area (Å²) in [6.07, 6.45) is 1.07. The van der Waals surface area contributed by atoms with Gasteiger partial charge in [0.15, 0.2) is 5.78 Å². The number of nitrogens with zero attached hydrogens (tertiary/aromatic N) is 1. The van der Waals surface area contributed by atoms with Crippen molar-refractivity contribution < 1.29 is 14.4 Å². The van der Waals surface area contributed by atoms with Gasteiger partial charge in [-0.2, -0.15) is 0 Å². The van der Waals surface area contributed by atoms with Crippen LogP contribution in [0, 0.1) is 5.41 Å². The summed E-state index contributed by atoms with van der Waals surface area (Å²) in [5.41, 5.74) is 0.832. The maximum absolute atomic E-state index is 13.1. The van der Waals surface area contributed by atoms with Gasteiger partial charge in [0.25, 0.3) is 0 Å². The highest BCUT2D eigenvalue weighted by atomic mass is 16.2. The highest BCUT2D eigenvalue weighted by Gasteiger charge is 2.58. The summed E-state index contributed by atoms with van der Waals surface area (Å²) >= 11 is 0. The first kappa shape index (κ1) is 17.9. The van der Waals surface area contributed by atoms with E-state index in [4.69, 9.17) is 0 Å². The Hall–Kier alpha value is -2.95. The zero-order chi connectivity index (χ0) is 18.7. The first-order valence-electron chi connectivity index (χ1n) is 8.77. The van der Waals surface area contributed by atoms with Gasteiger partial charge in [-0.3, -0.25) is 14.4 Å². The van der Waals surface area contributed by atoms with E-state index in [2.05, 4.69) is 5.32 Å². The number of benzene rings is 2. The Kier molecular flexibility index (Phi) is 4.89. The van der Waals surface area contributed by atoms with E-state index in [0.29, 0.717) is 30.6 Å². The van der Waals surface area contributed by atoms with Crippen molar-refractivity contribution in [3.8, 4) is 0 Å². The van der Waals surface area contributed by atoms with Crippen LogP contribution in [0.4, 0.5) is 11.4 Å². The summed E-state index contributed by atoms with van der Waals surface area (Å²) in [5, 5.41) is 2.81. The fourth-order valence-corrected chi connectivity index (χ4v) is 3.04. The molecular formula is C21H22N2O3. The first-order chi connectivity index (χ1) is 12.5. The minimum absolute atomic E-state index is 0.0699. The van der Waals surface area contributed by atoms with E-state index in [1.807, 2.05) is 37.3 Å². The second kappa shape index (κ2) is 7.12. The molecule has 0 unspecified atom stereocenters. The fraction of sp³-hybridized carbons (Fsp3) is 0.286. The van der Waals surface area contributed by atoms with Crippen molar-refractivity contribution >= 4 is 29.0 Å². The van der Waals surface area contributed by atoms with Crippen LogP contribution in [0.15, 0.2) is 54.6 Å². The Morgan fingerprint density at radius 3 is 2.31 bits per heavy atom. The molecule has 0 spiro atoms. The van der Waals surface area contributed by atoms with E-state index < -0.39 is 5.41 Å². The molecule has 1 aliphatic rings. The van der Waals surface area contributed by atoms with Crippen molar-refractivity contribution in [2.75, 3.05) is 16.8 Å². The number of amides is 2. The van der Waals surface area contributed by atoms with Gasteiger partial charge in [0, 0.05) is 23.5 Å². The molecule has 2 aromatic carbocycles. The van der Waals surface area contributed by atoms with Crippen LogP contribution in [0.25, 0.3) is 0 Å². The number of rotatable bonds is 6. The topological polar surface area (TPSA) is 66.5 Å². The number of carbonyl (C=O) groups excluding carboxylic acids is 3. The third-order valence-corrected chi connectivity index (χ3v) is 4.75. The molecule has 5 nitrogen and oxygen atoms in total. The van der Waals surface area contributed by atoms with Gasteiger partial charge in [-0.1, -0.05) is 30.3 Å². The average Bonchev–Trinajstić information content (AvgIpc) is 3.45. The van der Waals surface area contributed by atoms with E-state index >= 15 is 0 Å². The summed E-state index contributed by atoms with van der Waals surface area (Å²) < 4.78 is 0. The third-order valence-electron chi connectivity index (χ3n) is 4.75. The minimum atomic E-state index is -1.02. The molecule has 3 rings (SSSR count). The number of carbonyl (C=O) groups is 3. The van der Waals surface area contributed by atoms with Crippen LogP contribution >= 0.6 is 0 Å². The molecule has 1 saturated carbocycles. The molecule has 0 saturated heterocycles. The van der Waals surface area contributed by atoms with Gasteiger partial charge in [-0.15, -0.1) is 0 Å². The van der Waals surface area contributed by atoms with Crippen molar-refractivity contribution in [1.82, 2.24) is 0 Å². The highest BCUT2D eigenvalue weighted by molar-refractivity contribution is 6.17. The smallest absolute Gasteiger partial charge is 0.242 e. The quantitative estimate of drug-likeness (QED) is 0.639. The second-order valence-corrected chi connectivity index (χ2v) is 6.56. The Balaban J connectivity index is 1.79. The fourth-order valence-electron chi connectivity index (χ4n) is 3.04. The number of hydrogen-bond acceptors (Lipinski definition) is 3. The van der Waals surface area contributed by atoms with E-state index in [1.165, 1.54) is 6.92 Å². The molecule has 1 aliphatic carbocycles. The summed E-state index contributed by atoms with van der Waals surface area (Å²) in [5.74, 6) is -0.552. The average molecular weight is 350 g/mol. The molecule has 0 atom stereocenters. The van der Waals surface area contributed by atoms with Crippen LogP contribution in [-0.4, -0.2) is 24.1 Å². The molecule has 1 fully saturated rings.